The molecule has 0 aliphatic carbocycles. The van der Waals surface area contributed by atoms with Gasteiger partial charge in [-0.15, -0.1) is 0 Å². The molecule has 1 rings (SSSR count). The van der Waals surface area contributed by atoms with Gasteiger partial charge in [0.05, 0.1) is 0 Å². The lowest BCUT2D eigenvalue weighted by Crippen LogP contribution is -2.32. The first-order valence-corrected chi connectivity index (χ1v) is 5.27. The van der Waals surface area contributed by atoms with Gasteiger partial charge in [-0.3, -0.25) is 4.79 Å². The molecule has 0 aromatic carbocycles. The van der Waals surface area contributed by atoms with Gasteiger partial charge < -0.3 is 9.32 Å². The summed E-state index contributed by atoms with van der Waals surface area (Å²) >= 11 is 0. The van der Waals surface area contributed by atoms with Crippen molar-refractivity contribution < 1.29 is 9.21 Å². The van der Waals surface area contributed by atoms with E-state index in [1.807, 2.05) is 13.1 Å². The zero-order valence-corrected chi connectivity index (χ0v) is 10.1. The molecule has 0 aliphatic rings. The zero-order chi connectivity index (χ0) is 11.6. The molecule has 0 radical (unpaired) electrons. The Morgan fingerprint density at radius 1 is 1.33 bits per heavy atom. The highest BCUT2D eigenvalue weighted by Gasteiger charge is 2.17. The van der Waals surface area contributed by atoms with E-state index in [-0.39, 0.29) is 5.78 Å². The number of ketones is 1. The number of hydrogen-bond acceptors (Lipinski definition) is 3. The van der Waals surface area contributed by atoms with E-state index in [4.69, 9.17) is 4.42 Å². The van der Waals surface area contributed by atoms with Gasteiger partial charge in [-0.2, -0.15) is 0 Å². The fraction of sp³-hybridized carbons (Fsp3) is 0.583. The van der Waals surface area contributed by atoms with Crippen LogP contribution in [-0.4, -0.2) is 18.9 Å². The van der Waals surface area contributed by atoms with Crippen molar-refractivity contribution in [2.45, 2.75) is 33.7 Å². The molecule has 1 aromatic rings. The third-order valence-electron chi connectivity index (χ3n) is 2.86. The Morgan fingerprint density at radius 2 is 1.93 bits per heavy atom. The first kappa shape index (κ1) is 11.8. The van der Waals surface area contributed by atoms with Crippen LogP contribution in [0.4, 0.5) is 5.88 Å². The Hall–Kier alpha value is -1.25. The predicted octanol–water partition coefficient (Wildman–Crippen LogP) is 2.96. The number of furan rings is 1. The summed E-state index contributed by atoms with van der Waals surface area (Å²) in [6.07, 6.45) is 0. The van der Waals surface area contributed by atoms with Crippen LogP contribution in [0.25, 0.3) is 0 Å². The summed E-state index contributed by atoms with van der Waals surface area (Å²) in [6.45, 7) is 7.97. The third-order valence-corrected chi connectivity index (χ3v) is 2.86. The molecule has 1 aromatic heterocycles. The van der Waals surface area contributed by atoms with Crippen LogP contribution >= 0.6 is 0 Å². The van der Waals surface area contributed by atoms with Crippen molar-refractivity contribution in [2.75, 3.05) is 11.9 Å². The highest BCUT2D eigenvalue weighted by molar-refractivity contribution is 5.91. The summed E-state index contributed by atoms with van der Waals surface area (Å²) in [6, 6.07) is 3.95. The minimum atomic E-state index is -0.0353. The van der Waals surface area contributed by atoms with E-state index in [9.17, 15) is 4.79 Å². The van der Waals surface area contributed by atoms with Crippen molar-refractivity contribution in [3.8, 4) is 0 Å². The van der Waals surface area contributed by atoms with Crippen LogP contribution in [0.2, 0.25) is 0 Å². The van der Waals surface area contributed by atoms with Gasteiger partial charge in [-0.1, -0.05) is 13.8 Å². The molecule has 1 heterocycles. The molecule has 3 nitrogen and oxygen atoms in total. The SMILES string of the molecule is CC(=O)c1ccc(N(C)C(C)C(C)C)o1. The first-order valence-electron chi connectivity index (χ1n) is 5.27. The largest absolute Gasteiger partial charge is 0.437 e. The van der Waals surface area contributed by atoms with Crippen LogP contribution in [0.3, 0.4) is 0 Å². The van der Waals surface area contributed by atoms with Crippen LogP contribution in [0.1, 0.15) is 38.2 Å². The minimum Gasteiger partial charge on any atom is -0.437 e. The number of carbonyl (C=O) groups excluding carboxylic acids is 1. The summed E-state index contributed by atoms with van der Waals surface area (Å²) < 4.78 is 5.45. The van der Waals surface area contributed by atoms with Crippen molar-refractivity contribution in [3.05, 3.63) is 17.9 Å². The predicted molar refractivity (Wildman–Crippen MR) is 61.4 cm³/mol. The highest BCUT2D eigenvalue weighted by atomic mass is 16.4. The molecule has 0 amide bonds. The number of hydrogen-bond donors (Lipinski definition) is 0. The molecule has 0 saturated carbocycles. The van der Waals surface area contributed by atoms with Crippen LogP contribution in [0.15, 0.2) is 16.5 Å². The van der Waals surface area contributed by atoms with Crippen molar-refractivity contribution in [2.24, 2.45) is 5.92 Å². The lowest BCUT2D eigenvalue weighted by atomic mass is 10.1. The molecule has 1 atom stereocenters. The minimum absolute atomic E-state index is 0.0353. The monoisotopic (exact) mass is 209 g/mol. The number of carbonyl (C=O) groups is 1. The summed E-state index contributed by atoms with van der Waals surface area (Å²) in [5.41, 5.74) is 0. The molecule has 1 unspecified atom stereocenters. The molecule has 84 valence electrons. The van der Waals surface area contributed by atoms with Gasteiger partial charge in [0.2, 0.25) is 0 Å². The average Bonchev–Trinajstić information content (AvgIpc) is 2.64. The molecule has 0 spiro atoms. The average molecular weight is 209 g/mol. The smallest absolute Gasteiger partial charge is 0.196 e. The lowest BCUT2D eigenvalue weighted by Gasteiger charge is -2.27. The van der Waals surface area contributed by atoms with Gasteiger partial charge in [0, 0.05) is 26.1 Å². The topological polar surface area (TPSA) is 33.5 Å². The molecule has 0 bridgehead atoms. The van der Waals surface area contributed by atoms with Crippen molar-refractivity contribution in [1.29, 1.82) is 0 Å². The van der Waals surface area contributed by atoms with E-state index < -0.39 is 0 Å². The maximum absolute atomic E-state index is 11.1. The second-order valence-corrected chi connectivity index (χ2v) is 4.29. The number of rotatable bonds is 4. The van der Waals surface area contributed by atoms with Crippen molar-refractivity contribution >= 4 is 11.7 Å². The van der Waals surface area contributed by atoms with E-state index in [1.54, 1.807) is 6.07 Å². The standard InChI is InChI=1S/C12H19NO2/c1-8(2)9(3)13(5)12-7-6-11(15-12)10(4)14/h6-9H,1-5H3. The molecule has 0 saturated heterocycles. The summed E-state index contributed by atoms with van der Waals surface area (Å²) in [5.74, 6) is 1.68. The van der Waals surface area contributed by atoms with Crippen LogP contribution in [0, 0.1) is 5.92 Å². The number of anilines is 1. The van der Waals surface area contributed by atoms with Gasteiger partial charge in [0.1, 0.15) is 0 Å². The van der Waals surface area contributed by atoms with Crippen molar-refractivity contribution in [3.63, 3.8) is 0 Å². The zero-order valence-electron chi connectivity index (χ0n) is 10.1. The molecule has 15 heavy (non-hydrogen) atoms. The molecule has 0 aliphatic heterocycles. The maximum Gasteiger partial charge on any atom is 0.196 e. The Bertz CT molecular complexity index is 341. The Kier molecular flexibility index (Phi) is 3.56. The van der Waals surface area contributed by atoms with E-state index in [0.717, 1.165) is 5.88 Å². The molecule has 0 fully saturated rings. The second kappa shape index (κ2) is 4.51. The van der Waals surface area contributed by atoms with Gasteiger partial charge in [0.15, 0.2) is 17.4 Å². The van der Waals surface area contributed by atoms with Crippen LogP contribution in [-0.2, 0) is 0 Å². The fourth-order valence-electron chi connectivity index (χ4n) is 1.35. The Morgan fingerprint density at radius 3 is 2.33 bits per heavy atom. The van der Waals surface area contributed by atoms with E-state index in [0.29, 0.717) is 17.7 Å². The highest BCUT2D eigenvalue weighted by Crippen LogP contribution is 2.22. The van der Waals surface area contributed by atoms with Gasteiger partial charge in [-0.25, -0.2) is 0 Å². The van der Waals surface area contributed by atoms with Gasteiger partial charge in [-0.05, 0) is 18.9 Å². The molecule has 0 N–H and O–H groups in total. The molecular weight excluding hydrogens is 190 g/mol. The molecular formula is C12H19NO2. The summed E-state index contributed by atoms with van der Waals surface area (Å²) in [4.78, 5) is 13.1. The summed E-state index contributed by atoms with van der Waals surface area (Å²) in [7, 11) is 1.98. The fourth-order valence-corrected chi connectivity index (χ4v) is 1.35. The Labute approximate surface area is 91.1 Å². The van der Waals surface area contributed by atoms with E-state index in [2.05, 4.69) is 25.7 Å². The van der Waals surface area contributed by atoms with Gasteiger partial charge in [0.25, 0.3) is 0 Å². The Balaban J connectivity index is 2.82. The van der Waals surface area contributed by atoms with Crippen LogP contribution < -0.4 is 4.90 Å². The third kappa shape index (κ3) is 2.61. The number of nitrogens with zero attached hydrogens (tertiary/aromatic N) is 1. The summed E-state index contributed by atoms with van der Waals surface area (Å²) in [5, 5.41) is 0. The quantitative estimate of drug-likeness (QED) is 0.715. The van der Waals surface area contributed by atoms with Crippen LogP contribution in [0.5, 0.6) is 0 Å². The first-order chi connectivity index (χ1) is 6.93. The van der Waals surface area contributed by atoms with E-state index in [1.165, 1.54) is 6.92 Å². The lowest BCUT2D eigenvalue weighted by molar-refractivity contribution is 0.0987. The second-order valence-electron chi connectivity index (χ2n) is 4.29. The normalized spacial score (nSPS) is 12.9. The molecule has 3 heteroatoms. The maximum atomic E-state index is 11.1. The van der Waals surface area contributed by atoms with Gasteiger partial charge >= 0.3 is 0 Å². The van der Waals surface area contributed by atoms with E-state index >= 15 is 0 Å². The number of Topliss-reactive ketones (excluding diaryl/α,β-unsaturated/α-hetero) is 1. The van der Waals surface area contributed by atoms with Crippen molar-refractivity contribution in [1.82, 2.24) is 0 Å².